The molecule has 0 spiro atoms. The van der Waals surface area contributed by atoms with Gasteiger partial charge in [-0.05, 0) is 92.9 Å². The number of rotatable bonds is 11. The third-order valence-corrected chi connectivity index (χ3v) is 7.98. The minimum atomic E-state index is -0.612. The Labute approximate surface area is 185 Å². The van der Waals surface area contributed by atoms with Gasteiger partial charge in [-0.15, -0.1) is 0 Å². The van der Waals surface area contributed by atoms with Gasteiger partial charge in [0.2, 0.25) is 0 Å². The van der Waals surface area contributed by atoms with E-state index >= 15 is 0 Å². The largest absolute Gasteiger partial charge is 0.396 e. The van der Waals surface area contributed by atoms with Gasteiger partial charge in [0.05, 0.1) is 5.60 Å². The molecular weight excluding hydrogens is 376 g/mol. The van der Waals surface area contributed by atoms with Crippen LogP contribution < -0.4 is 10.6 Å². The monoisotopic (exact) mass is 426 g/mol. The minimum absolute atomic E-state index is 0.265. The SMILES string of the molecule is CN[C@H]1CC(C(CCO)N(C)[C@H]2CCCC[C@@H]2NC)CC[C@@H]1N(C)CCC(C)(C)O. The Hall–Kier alpha value is -0.240. The summed E-state index contributed by atoms with van der Waals surface area (Å²) in [6.07, 6.45) is 10.4. The highest BCUT2D eigenvalue weighted by atomic mass is 16.3. The fraction of sp³-hybridized carbons (Fsp3) is 1.00. The van der Waals surface area contributed by atoms with Crippen molar-refractivity contribution in [1.29, 1.82) is 0 Å². The molecule has 6 nitrogen and oxygen atoms in total. The Kier molecular flexibility index (Phi) is 10.5. The smallest absolute Gasteiger partial charge is 0.0603 e. The molecule has 178 valence electrons. The van der Waals surface area contributed by atoms with Crippen molar-refractivity contribution in [2.45, 2.75) is 107 Å². The summed E-state index contributed by atoms with van der Waals surface area (Å²) in [5, 5.41) is 27.1. The fourth-order valence-electron chi connectivity index (χ4n) is 6.08. The van der Waals surface area contributed by atoms with Crippen molar-refractivity contribution in [3.8, 4) is 0 Å². The highest BCUT2D eigenvalue weighted by Crippen LogP contribution is 2.35. The summed E-state index contributed by atoms with van der Waals surface area (Å²) in [5.74, 6) is 0.609. The molecule has 0 bridgehead atoms. The zero-order valence-electron chi connectivity index (χ0n) is 20.5. The van der Waals surface area contributed by atoms with Gasteiger partial charge >= 0.3 is 0 Å². The highest BCUT2D eigenvalue weighted by molar-refractivity contribution is 4.96. The summed E-state index contributed by atoms with van der Waals surface area (Å²) < 4.78 is 0. The first-order valence-electron chi connectivity index (χ1n) is 12.3. The first-order valence-corrected chi connectivity index (χ1v) is 12.3. The molecule has 4 N–H and O–H groups in total. The van der Waals surface area contributed by atoms with Crippen molar-refractivity contribution >= 4 is 0 Å². The second-order valence-electron chi connectivity index (χ2n) is 10.6. The van der Waals surface area contributed by atoms with Gasteiger partial charge in [-0.1, -0.05) is 12.8 Å². The Bertz CT molecular complexity index is 484. The van der Waals surface area contributed by atoms with Crippen molar-refractivity contribution in [3.63, 3.8) is 0 Å². The highest BCUT2D eigenvalue weighted by Gasteiger charge is 2.39. The number of hydrogen-bond donors (Lipinski definition) is 4. The molecule has 2 fully saturated rings. The summed E-state index contributed by atoms with van der Waals surface area (Å²) in [4.78, 5) is 5.06. The standard InChI is InChI=1S/C24H50N4O2/c1-24(2,30)14-15-27(5)22-12-11-18(17-20(22)26-4)21(13-16-29)28(6)23-10-8-7-9-19(23)25-3/h18-23,25-26,29-30H,7-17H2,1-6H3/t18?,19-,20-,21?,22-,23-/m0/s1. The Morgan fingerprint density at radius 3 is 2.23 bits per heavy atom. The lowest BCUT2D eigenvalue weighted by atomic mass is 9.75. The number of aliphatic hydroxyl groups excluding tert-OH is 1. The maximum absolute atomic E-state index is 10.1. The Balaban J connectivity index is 2.04. The summed E-state index contributed by atoms with van der Waals surface area (Å²) in [7, 11) is 8.70. The summed E-state index contributed by atoms with van der Waals surface area (Å²) in [6, 6.07) is 2.53. The fourth-order valence-corrected chi connectivity index (χ4v) is 6.08. The zero-order valence-corrected chi connectivity index (χ0v) is 20.5. The number of likely N-dealkylation sites (N-methyl/N-ethyl adjacent to an activating group) is 4. The van der Waals surface area contributed by atoms with E-state index in [1.165, 1.54) is 38.5 Å². The quantitative estimate of drug-likeness (QED) is 0.405. The molecule has 6 heteroatoms. The molecule has 0 aromatic carbocycles. The predicted octanol–water partition coefficient (Wildman–Crippen LogP) is 2.05. The molecule has 0 aromatic rings. The minimum Gasteiger partial charge on any atom is -0.396 e. The molecule has 6 atom stereocenters. The van der Waals surface area contributed by atoms with Crippen molar-refractivity contribution in [2.24, 2.45) is 5.92 Å². The lowest BCUT2D eigenvalue weighted by molar-refractivity contribution is 0.0204. The molecule has 0 radical (unpaired) electrons. The molecule has 2 aliphatic rings. The maximum atomic E-state index is 10.1. The van der Waals surface area contributed by atoms with Crippen LogP contribution in [0.25, 0.3) is 0 Å². The van der Waals surface area contributed by atoms with Gasteiger partial charge in [-0.3, -0.25) is 4.90 Å². The zero-order chi connectivity index (χ0) is 22.3. The molecule has 2 rings (SSSR count). The van der Waals surface area contributed by atoms with Crippen LogP contribution in [0.15, 0.2) is 0 Å². The van der Waals surface area contributed by atoms with Gasteiger partial charge in [0.25, 0.3) is 0 Å². The van der Waals surface area contributed by atoms with E-state index in [4.69, 9.17) is 0 Å². The van der Waals surface area contributed by atoms with Crippen LogP contribution in [0.1, 0.15) is 71.6 Å². The molecule has 2 saturated carbocycles. The van der Waals surface area contributed by atoms with Crippen molar-refractivity contribution in [1.82, 2.24) is 20.4 Å². The first-order chi connectivity index (χ1) is 14.2. The lowest BCUT2D eigenvalue weighted by Gasteiger charge is -2.48. The topological polar surface area (TPSA) is 71.0 Å². The van der Waals surface area contributed by atoms with Crippen LogP contribution in [0.5, 0.6) is 0 Å². The van der Waals surface area contributed by atoms with Crippen LogP contribution in [0, 0.1) is 5.92 Å². The van der Waals surface area contributed by atoms with Gasteiger partial charge in [0, 0.05) is 43.4 Å². The summed E-state index contributed by atoms with van der Waals surface area (Å²) >= 11 is 0. The van der Waals surface area contributed by atoms with E-state index in [2.05, 4.69) is 48.6 Å². The molecule has 0 aliphatic heterocycles. The molecule has 2 aliphatic carbocycles. The van der Waals surface area contributed by atoms with Gasteiger partial charge in [-0.2, -0.15) is 0 Å². The first kappa shape index (κ1) is 26.0. The van der Waals surface area contributed by atoms with E-state index in [1.807, 2.05) is 13.8 Å². The predicted molar refractivity (Wildman–Crippen MR) is 126 cm³/mol. The third-order valence-electron chi connectivity index (χ3n) is 7.98. The van der Waals surface area contributed by atoms with E-state index < -0.39 is 5.60 Å². The molecule has 0 aromatic heterocycles. The summed E-state index contributed by atoms with van der Waals surface area (Å²) in [5.41, 5.74) is -0.612. The second-order valence-corrected chi connectivity index (χ2v) is 10.6. The van der Waals surface area contributed by atoms with Crippen LogP contribution in [0.3, 0.4) is 0 Å². The number of nitrogens with one attached hydrogen (secondary N) is 2. The maximum Gasteiger partial charge on any atom is 0.0603 e. The van der Waals surface area contributed by atoms with E-state index in [9.17, 15) is 10.2 Å². The van der Waals surface area contributed by atoms with Crippen LogP contribution in [0.4, 0.5) is 0 Å². The summed E-state index contributed by atoms with van der Waals surface area (Å²) in [6.45, 7) is 4.98. The van der Waals surface area contributed by atoms with Crippen LogP contribution in [0.2, 0.25) is 0 Å². The van der Waals surface area contributed by atoms with Gasteiger partial charge in [0.1, 0.15) is 0 Å². The number of hydrogen-bond acceptors (Lipinski definition) is 6. The van der Waals surface area contributed by atoms with Crippen LogP contribution in [-0.2, 0) is 0 Å². The third kappa shape index (κ3) is 7.14. The average Bonchev–Trinajstić information content (AvgIpc) is 2.74. The molecular formula is C24H50N4O2. The van der Waals surface area contributed by atoms with Crippen LogP contribution in [-0.4, -0.2) is 97.2 Å². The number of aliphatic hydroxyl groups is 2. The average molecular weight is 427 g/mol. The second kappa shape index (κ2) is 12.1. The van der Waals surface area contributed by atoms with E-state index in [0.717, 1.165) is 25.8 Å². The normalized spacial score (nSPS) is 32.0. The molecule has 2 unspecified atom stereocenters. The molecule has 0 heterocycles. The van der Waals surface area contributed by atoms with E-state index in [-0.39, 0.29) is 6.61 Å². The Morgan fingerprint density at radius 2 is 1.63 bits per heavy atom. The molecule has 0 saturated heterocycles. The lowest BCUT2D eigenvalue weighted by Crippen LogP contribution is -2.58. The Morgan fingerprint density at radius 1 is 0.967 bits per heavy atom. The van der Waals surface area contributed by atoms with E-state index in [0.29, 0.717) is 36.1 Å². The van der Waals surface area contributed by atoms with Crippen molar-refractivity contribution < 1.29 is 10.2 Å². The van der Waals surface area contributed by atoms with E-state index in [1.54, 1.807) is 0 Å². The van der Waals surface area contributed by atoms with Gasteiger partial charge < -0.3 is 25.7 Å². The van der Waals surface area contributed by atoms with Gasteiger partial charge in [-0.25, -0.2) is 0 Å². The number of nitrogens with zero attached hydrogens (tertiary/aromatic N) is 2. The van der Waals surface area contributed by atoms with Crippen LogP contribution >= 0.6 is 0 Å². The van der Waals surface area contributed by atoms with Gasteiger partial charge in [0.15, 0.2) is 0 Å². The van der Waals surface area contributed by atoms with Crippen molar-refractivity contribution in [3.05, 3.63) is 0 Å². The molecule has 0 amide bonds. The van der Waals surface area contributed by atoms with Crippen molar-refractivity contribution in [2.75, 3.05) is 41.3 Å². The molecule has 30 heavy (non-hydrogen) atoms.